The zero-order chi connectivity index (χ0) is 17.0. The minimum Gasteiger partial charge on any atom is -0.350 e. The van der Waals surface area contributed by atoms with Crippen LogP contribution in [-0.4, -0.2) is 32.1 Å². The summed E-state index contributed by atoms with van der Waals surface area (Å²) in [5, 5.41) is 27.7. The van der Waals surface area contributed by atoms with Crippen molar-refractivity contribution in [3.05, 3.63) is 61.9 Å². The van der Waals surface area contributed by atoms with Crippen LogP contribution >= 0.6 is 0 Å². The smallest absolute Gasteiger partial charge is 0.306 e. The molecule has 120 valence electrons. The number of nitrogens with zero attached hydrogens (tertiary/aromatic N) is 4. The summed E-state index contributed by atoms with van der Waals surface area (Å²) in [7, 11) is 0. The van der Waals surface area contributed by atoms with Gasteiger partial charge in [-0.05, 0) is 19.1 Å². The Morgan fingerprint density at radius 2 is 2.04 bits per heavy atom. The first kappa shape index (κ1) is 16.1. The molecule has 0 radical (unpaired) electrons. The van der Waals surface area contributed by atoms with Gasteiger partial charge in [-0.2, -0.15) is 5.10 Å². The van der Waals surface area contributed by atoms with Gasteiger partial charge >= 0.3 is 5.69 Å². The highest BCUT2D eigenvalue weighted by atomic mass is 16.6. The minimum absolute atomic E-state index is 0.0506. The van der Waals surface area contributed by atoms with E-state index in [1.54, 1.807) is 6.92 Å². The summed E-state index contributed by atoms with van der Waals surface area (Å²) >= 11 is 0. The van der Waals surface area contributed by atoms with Crippen molar-refractivity contribution in [2.24, 2.45) is 0 Å². The second-order valence-electron chi connectivity index (χ2n) is 4.73. The van der Waals surface area contributed by atoms with E-state index in [0.717, 1.165) is 6.20 Å². The average molecular weight is 319 g/mol. The van der Waals surface area contributed by atoms with E-state index in [4.69, 9.17) is 0 Å². The van der Waals surface area contributed by atoms with E-state index in [-0.39, 0.29) is 30.4 Å². The molecule has 0 saturated heterocycles. The van der Waals surface area contributed by atoms with Crippen LogP contribution in [-0.2, 0) is 6.54 Å². The molecule has 0 saturated carbocycles. The van der Waals surface area contributed by atoms with Crippen LogP contribution in [0, 0.1) is 27.2 Å². The molecular formula is C13H13N5O5. The van der Waals surface area contributed by atoms with Gasteiger partial charge < -0.3 is 5.32 Å². The maximum Gasteiger partial charge on any atom is 0.306 e. The van der Waals surface area contributed by atoms with Crippen LogP contribution in [0.3, 0.4) is 0 Å². The lowest BCUT2D eigenvalue weighted by atomic mass is 10.1. The summed E-state index contributed by atoms with van der Waals surface area (Å²) in [5.41, 5.74) is 0.526. The largest absolute Gasteiger partial charge is 0.350 e. The first-order chi connectivity index (χ1) is 10.9. The third-order valence-electron chi connectivity index (χ3n) is 3.11. The third kappa shape index (κ3) is 3.87. The number of aromatic nitrogens is 2. The van der Waals surface area contributed by atoms with Crippen LogP contribution in [0.1, 0.15) is 15.9 Å². The number of nitro groups is 2. The van der Waals surface area contributed by atoms with Crippen LogP contribution < -0.4 is 5.32 Å². The summed E-state index contributed by atoms with van der Waals surface area (Å²) in [4.78, 5) is 32.1. The van der Waals surface area contributed by atoms with Gasteiger partial charge in [-0.3, -0.25) is 29.7 Å². The maximum absolute atomic E-state index is 12.0. The first-order valence-corrected chi connectivity index (χ1v) is 6.58. The highest BCUT2D eigenvalue weighted by molar-refractivity contribution is 5.94. The highest BCUT2D eigenvalue weighted by Crippen LogP contribution is 2.18. The van der Waals surface area contributed by atoms with Gasteiger partial charge in [-0.25, -0.2) is 0 Å². The first-order valence-electron chi connectivity index (χ1n) is 6.58. The van der Waals surface area contributed by atoms with E-state index >= 15 is 0 Å². The van der Waals surface area contributed by atoms with Crippen molar-refractivity contribution in [2.75, 3.05) is 6.54 Å². The van der Waals surface area contributed by atoms with Gasteiger partial charge in [0, 0.05) is 23.7 Å². The number of hydrogen-bond acceptors (Lipinski definition) is 6. The number of amides is 1. The number of nitro benzene ring substituents is 1. The van der Waals surface area contributed by atoms with Gasteiger partial charge in [0.15, 0.2) is 0 Å². The number of nitrogens with one attached hydrogen (secondary N) is 1. The molecule has 0 unspecified atom stereocenters. The number of hydrogen-bond donors (Lipinski definition) is 1. The predicted octanol–water partition coefficient (Wildman–Crippen LogP) is 1.44. The van der Waals surface area contributed by atoms with Crippen molar-refractivity contribution in [1.29, 1.82) is 0 Å². The fourth-order valence-corrected chi connectivity index (χ4v) is 1.96. The molecular weight excluding hydrogens is 306 g/mol. The van der Waals surface area contributed by atoms with E-state index in [1.807, 2.05) is 0 Å². The molecule has 0 spiro atoms. The Hall–Kier alpha value is -3.30. The summed E-state index contributed by atoms with van der Waals surface area (Å²) < 4.78 is 1.35. The Bertz CT molecular complexity index is 770. The van der Waals surface area contributed by atoms with E-state index in [1.165, 1.54) is 29.1 Å². The SMILES string of the molecule is Cc1cc(C(=O)NCCn2cc([N+](=O)[O-])cn2)ccc1[N+](=O)[O-]. The highest BCUT2D eigenvalue weighted by Gasteiger charge is 2.14. The average Bonchev–Trinajstić information content (AvgIpc) is 2.95. The van der Waals surface area contributed by atoms with Crippen LogP contribution in [0.5, 0.6) is 0 Å². The van der Waals surface area contributed by atoms with Gasteiger partial charge in [0.2, 0.25) is 0 Å². The maximum atomic E-state index is 12.0. The molecule has 2 rings (SSSR count). The normalized spacial score (nSPS) is 10.3. The summed E-state index contributed by atoms with van der Waals surface area (Å²) in [6, 6.07) is 4.09. The van der Waals surface area contributed by atoms with Crippen molar-refractivity contribution in [3.8, 4) is 0 Å². The van der Waals surface area contributed by atoms with Crippen molar-refractivity contribution >= 4 is 17.3 Å². The van der Waals surface area contributed by atoms with E-state index in [0.29, 0.717) is 11.1 Å². The lowest BCUT2D eigenvalue weighted by Crippen LogP contribution is -2.27. The van der Waals surface area contributed by atoms with Gasteiger partial charge in [-0.1, -0.05) is 0 Å². The molecule has 0 atom stereocenters. The molecule has 0 aliphatic rings. The monoisotopic (exact) mass is 319 g/mol. The number of carbonyl (C=O) groups excluding carboxylic acids is 1. The molecule has 0 fully saturated rings. The Morgan fingerprint density at radius 1 is 1.30 bits per heavy atom. The van der Waals surface area contributed by atoms with Gasteiger partial charge in [0.25, 0.3) is 11.6 Å². The standard InChI is InChI=1S/C13H13N5O5/c1-9-6-10(2-3-12(9)18(22)23)13(19)14-4-5-16-8-11(7-15-16)17(20)21/h2-3,6-8H,4-5H2,1H3,(H,14,19). The van der Waals surface area contributed by atoms with E-state index < -0.39 is 9.85 Å². The number of aryl methyl sites for hydroxylation is 1. The molecule has 1 N–H and O–H groups in total. The molecule has 1 amide bonds. The number of carbonyl (C=O) groups is 1. The van der Waals surface area contributed by atoms with Gasteiger partial charge in [0.1, 0.15) is 12.4 Å². The van der Waals surface area contributed by atoms with E-state index in [9.17, 15) is 25.0 Å². The molecule has 0 aliphatic heterocycles. The fourth-order valence-electron chi connectivity index (χ4n) is 1.96. The second kappa shape index (κ2) is 6.64. The van der Waals surface area contributed by atoms with Crippen LogP contribution in [0.2, 0.25) is 0 Å². The second-order valence-corrected chi connectivity index (χ2v) is 4.73. The number of rotatable bonds is 6. The van der Waals surface area contributed by atoms with Gasteiger partial charge in [-0.15, -0.1) is 0 Å². The molecule has 1 heterocycles. The van der Waals surface area contributed by atoms with Crippen LogP contribution in [0.15, 0.2) is 30.6 Å². The third-order valence-corrected chi connectivity index (χ3v) is 3.11. The molecule has 10 nitrogen and oxygen atoms in total. The minimum atomic E-state index is -0.554. The lowest BCUT2D eigenvalue weighted by molar-refractivity contribution is -0.385. The van der Waals surface area contributed by atoms with Crippen molar-refractivity contribution in [3.63, 3.8) is 0 Å². The molecule has 0 aliphatic carbocycles. The molecule has 2 aromatic rings. The molecule has 1 aromatic heterocycles. The molecule has 10 heteroatoms. The van der Waals surface area contributed by atoms with Crippen molar-refractivity contribution < 1.29 is 14.6 Å². The van der Waals surface area contributed by atoms with E-state index in [2.05, 4.69) is 10.4 Å². The Kier molecular flexibility index (Phi) is 4.64. The Morgan fingerprint density at radius 3 is 2.61 bits per heavy atom. The van der Waals surface area contributed by atoms with Crippen LogP contribution in [0.4, 0.5) is 11.4 Å². The molecule has 23 heavy (non-hydrogen) atoms. The summed E-state index contributed by atoms with van der Waals surface area (Å²) in [5.74, 6) is -0.385. The zero-order valence-electron chi connectivity index (χ0n) is 12.1. The van der Waals surface area contributed by atoms with Crippen molar-refractivity contribution in [2.45, 2.75) is 13.5 Å². The van der Waals surface area contributed by atoms with Gasteiger partial charge in [0.05, 0.1) is 16.4 Å². The molecule has 1 aromatic carbocycles. The Balaban J connectivity index is 1.93. The Labute approximate surface area is 130 Å². The summed E-state index contributed by atoms with van der Waals surface area (Å²) in [6.07, 6.45) is 2.39. The quantitative estimate of drug-likeness (QED) is 0.632. The number of benzene rings is 1. The van der Waals surface area contributed by atoms with Crippen LogP contribution in [0.25, 0.3) is 0 Å². The fraction of sp³-hybridized carbons (Fsp3) is 0.231. The molecule has 0 bridgehead atoms. The topological polar surface area (TPSA) is 133 Å². The summed E-state index contributed by atoms with van der Waals surface area (Å²) in [6.45, 7) is 2.04. The lowest BCUT2D eigenvalue weighted by Gasteiger charge is -2.06. The predicted molar refractivity (Wildman–Crippen MR) is 79.0 cm³/mol. The van der Waals surface area contributed by atoms with Crippen molar-refractivity contribution in [1.82, 2.24) is 15.1 Å². The zero-order valence-corrected chi connectivity index (χ0v) is 12.1.